The normalized spacial score (nSPS) is 25.5. The molecular weight excluding hydrogens is 532 g/mol. The smallest absolute Gasteiger partial charge is 0.303 e. The third-order valence-electron chi connectivity index (χ3n) is 8.71. The highest BCUT2D eigenvalue weighted by molar-refractivity contribution is 6.99. The molecule has 2 N–H and O–H groups in total. The first-order chi connectivity index (χ1) is 19.7. The van der Waals surface area contributed by atoms with E-state index in [1.54, 1.807) is 0 Å². The number of unbranched alkanes of at least 4 members (excludes halogenated alkanes) is 1. The van der Waals surface area contributed by atoms with Crippen molar-refractivity contribution in [2.75, 3.05) is 13.2 Å². The van der Waals surface area contributed by atoms with Crippen LogP contribution in [0.2, 0.25) is 5.04 Å². The molecular formula is C34H48O6Si. The summed E-state index contributed by atoms with van der Waals surface area (Å²) < 4.78 is 19.8. The zero-order valence-electron chi connectivity index (χ0n) is 24.9. The predicted octanol–water partition coefficient (Wildman–Crippen LogP) is 5.67. The first-order valence-electron chi connectivity index (χ1n) is 15.3. The lowest BCUT2D eigenvalue weighted by molar-refractivity contribution is -0.197. The van der Waals surface area contributed by atoms with Crippen LogP contribution in [0.3, 0.4) is 0 Å². The number of aliphatic hydroxyl groups is 1. The fraction of sp³-hybridized carbons (Fsp3) is 0.559. The van der Waals surface area contributed by atoms with Crippen LogP contribution >= 0.6 is 0 Å². The van der Waals surface area contributed by atoms with Crippen LogP contribution in [0.5, 0.6) is 0 Å². The highest BCUT2D eigenvalue weighted by atomic mass is 28.4. The highest BCUT2D eigenvalue weighted by Gasteiger charge is 2.52. The maximum atomic E-state index is 11.3. The third kappa shape index (κ3) is 7.96. The van der Waals surface area contributed by atoms with Gasteiger partial charge in [-0.3, -0.25) is 4.79 Å². The minimum Gasteiger partial charge on any atom is -0.481 e. The molecule has 2 aromatic rings. The minimum atomic E-state index is -2.75. The number of hydrogen-bond donors (Lipinski definition) is 2. The predicted molar refractivity (Wildman–Crippen MR) is 165 cm³/mol. The molecule has 1 heterocycles. The summed E-state index contributed by atoms with van der Waals surface area (Å²) in [5.74, 6) is -0.784. The molecule has 41 heavy (non-hydrogen) atoms. The fourth-order valence-corrected chi connectivity index (χ4v) is 11.2. The van der Waals surface area contributed by atoms with Gasteiger partial charge in [-0.2, -0.15) is 0 Å². The average Bonchev–Trinajstić information content (AvgIpc) is 3.25. The average molecular weight is 581 g/mol. The molecule has 2 fully saturated rings. The van der Waals surface area contributed by atoms with Crippen molar-refractivity contribution in [1.29, 1.82) is 0 Å². The fourth-order valence-electron chi connectivity index (χ4n) is 6.61. The Balaban J connectivity index is 1.61. The van der Waals surface area contributed by atoms with Gasteiger partial charge in [-0.25, -0.2) is 0 Å². The van der Waals surface area contributed by atoms with Gasteiger partial charge >= 0.3 is 5.97 Å². The summed E-state index contributed by atoms with van der Waals surface area (Å²) in [6.07, 6.45) is 9.05. The number of carboxylic acids is 1. The van der Waals surface area contributed by atoms with Gasteiger partial charge < -0.3 is 24.1 Å². The minimum absolute atomic E-state index is 0.000783. The van der Waals surface area contributed by atoms with Gasteiger partial charge in [-0.1, -0.05) is 93.6 Å². The molecule has 0 spiro atoms. The van der Waals surface area contributed by atoms with E-state index < -0.39 is 20.4 Å². The van der Waals surface area contributed by atoms with E-state index in [-0.39, 0.29) is 35.7 Å². The van der Waals surface area contributed by atoms with Crippen LogP contribution in [-0.2, 0) is 18.7 Å². The lowest BCUT2D eigenvalue weighted by Gasteiger charge is -2.44. The number of carbonyl (C=O) groups is 1. The molecule has 224 valence electrons. The van der Waals surface area contributed by atoms with Gasteiger partial charge in [0.05, 0.1) is 12.2 Å². The summed E-state index contributed by atoms with van der Waals surface area (Å²) in [6, 6.07) is 21.3. The van der Waals surface area contributed by atoms with Gasteiger partial charge in [0.15, 0.2) is 6.29 Å². The number of hydrogen-bond acceptors (Lipinski definition) is 5. The van der Waals surface area contributed by atoms with Crippen molar-refractivity contribution in [3.63, 3.8) is 0 Å². The molecule has 0 bridgehead atoms. The second-order valence-corrected chi connectivity index (χ2v) is 16.9. The van der Waals surface area contributed by atoms with Gasteiger partial charge in [0.25, 0.3) is 8.32 Å². The van der Waals surface area contributed by atoms with Gasteiger partial charge in [-0.15, -0.1) is 0 Å². The molecule has 1 aliphatic carbocycles. The summed E-state index contributed by atoms with van der Waals surface area (Å²) in [6.45, 7) is 8.04. The summed E-state index contributed by atoms with van der Waals surface area (Å²) in [4.78, 5) is 10.9. The van der Waals surface area contributed by atoms with Crippen molar-refractivity contribution in [3.05, 3.63) is 72.8 Å². The van der Waals surface area contributed by atoms with Crippen LogP contribution in [0.1, 0.15) is 72.1 Å². The van der Waals surface area contributed by atoms with Gasteiger partial charge in [0.2, 0.25) is 0 Å². The molecule has 1 saturated heterocycles. The molecule has 2 aromatic carbocycles. The Morgan fingerprint density at radius 3 is 2.22 bits per heavy atom. The molecule has 7 heteroatoms. The number of aliphatic hydroxyl groups excluding tert-OH is 1. The molecule has 2 aliphatic rings. The molecule has 5 atom stereocenters. The molecule has 0 amide bonds. The highest BCUT2D eigenvalue weighted by Crippen LogP contribution is 2.42. The Morgan fingerprint density at radius 2 is 1.66 bits per heavy atom. The monoisotopic (exact) mass is 580 g/mol. The van der Waals surface area contributed by atoms with E-state index in [4.69, 9.17) is 19.0 Å². The standard InChI is InChI=1S/C34H48O6Si/c1-34(2,3)41(26-16-8-6-9-17-26,27-18-10-7-11-19-27)39-25-29-28(20-12-4-5-13-21-32(36)37)30(35)24-31(29)40-33-22-14-15-23-38-33/h4,6-12,16-19,28-31,33,35H,5,13-15,20-25H2,1-3H3,(H,36,37)/b12-4-/t28-,29-,30+,31+,33?/m0/s1. The zero-order valence-corrected chi connectivity index (χ0v) is 25.9. The van der Waals surface area contributed by atoms with Crippen molar-refractivity contribution < 1.29 is 28.9 Å². The SMILES string of the molecule is CC(C)(C)[Si](OC[C@H]1[C@H](C/C=C\CCCC(=O)O)[C@H](O)C[C@H]1OC1CCCCO1)(c1ccccc1)c1ccccc1. The molecule has 1 saturated carbocycles. The van der Waals surface area contributed by atoms with Gasteiger partial charge in [0.1, 0.15) is 0 Å². The van der Waals surface area contributed by atoms with Crippen molar-refractivity contribution in [3.8, 4) is 0 Å². The van der Waals surface area contributed by atoms with Crippen molar-refractivity contribution in [2.24, 2.45) is 11.8 Å². The number of aliphatic carboxylic acids is 1. The van der Waals surface area contributed by atoms with E-state index in [9.17, 15) is 9.90 Å². The van der Waals surface area contributed by atoms with E-state index in [2.05, 4.69) is 87.5 Å². The molecule has 1 unspecified atom stereocenters. The van der Waals surface area contributed by atoms with Crippen molar-refractivity contribution >= 4 is 24.7 Å². The van der Waals surface area contributed by atoms with Gasteiger partial charge in [0, 0.05) is 32.0 Å². The Labute approximate surface area is 246 Å². The third-order valence-corrected chi connectivity index (χ3v) is 13.7. The van der Waals surface area contributed by atoms with E-state index >= 15 is 0 Å². The number of ether oxygens (including phenoxy) is 2. The Kier molecular flexibility index (Phi) is 11.4. The quantitative estimate of drug-likeness (QED) is 0.180. The van der Waals surface area contributed by atoms with Crippen LogP contribution < -0.4 is 10.4 Å². The zero-order chi connectivity index (χ0) is 29.3. The second-order valence-electron chi connectivity index (χ2n) is 12.6. The van der Waals surface area contributed by atoms with Crippen LogP contribution in [0, 0.1) is 11.8 Å². The van der Waals surface area contributed by atoms with E-state index in [0.29, 0.717) is 38.9 Å². The summed E-state index contributed by atoms with van der Waals surface area (Å²) in [5.41, 5.74) is 0. The summed E-state index contributed by atoms with van der Waals surface area (Å²) in [7, 11) is -2.75. The first-order valence-corrected chi connectivity index (χ1v) is 17.2. The van der Waals surface area contributed by atoms with Crippen LogP contribution in [0.25, 0.3) is 0 Å². The van der Waals surface area contributed by atoms with Crippen LogP contribution in [0.4, 0.5) is 0 Å². The lowest BCUT2D eigenvalue weighted by atomic mass is 9.91. The Bertz CT molecular complexity index is 1050. The topological polar surface area (TPSA) is 85.2 Å². The maximum absolute atomic E-state index is 11.3. The number of allylic oxidation sites excluding steroid dienone is 2. The van der Waals surface area contributed by atoms with E-state index in [0.717, 1.165) is 19.3 Å². The largest absolute Gasteiger partial charge is 0.481 e. The molecule has 6 nitrogen and oxygen atoms in total. The number of benzene rings is 2. The number of rotatable bonds is 13. The van der Waals surface area contributed by atoms with E-state index in [1.807, 2.05) is 6.08 Å². The van der Waals surface area contributed by atoms with Crippen LogP contribution in [-0.4, -0.2) is 56.2 Å². The molecule has 4 rings (SSSR count). The number of carboxylic acid groups (broad SMARTS) is 1. The van der Waals surface area contributed by atoms with Crippen LogP contribution in [0.15, 0.2) is 72.8 Å². The van der Waals surface area contributed by atoms with Gasteiger partial charge in [-0.05, 0) is 59.9 Å². The molecule has 0 radical (unpaired) electrons. The summed E-state index contributed by atoms with van der Waals surface area (Å²) in [5, 5.41) is 22.5. The first kappa shape index (κ1) is 31.6. The lowest BCUT2D eigenvalue weighted by Crippen LogP contribution is -2.67. The molecule has 0 aromatic heterocycles. The van der Waals surface area contributed by atoms with Crippen molar-refractivity contribution in [2.45, 2.75) is 95.7 Å². The second kappa shape index (κ2) is 14.7. The summed E-state index contributed by atoms with van der Waals surface area (Å²) >= 11 is 0. The molecule has 1 aliphatic heterocycles. The van der Waals surface area contributed by atoms with E-state index in [1.165, 1.54) is 10.4 Å². The Morgan fingerprint density at radius 1 is 1.00 bits per heavy atom. The van der Waals surface area contributed by atoms with Crippen molar-refractivity contribution in [1.82, 2.24) is 0 Å². The Hall–Kier alpha value is -2.29. The maximum Gasteiger partial charge on any atom is 0.303 e.